The van der Waals surface area contributed by atoms with Crippen molar-refractivity contribution in [1.29, 1.82) is 0 Å². The van der Waals surface area contributed by atoms with Crippen molar-refractivity contribution in [2.24, 2.45) is 0 Å². The van der Waals surface area contributed by atoms with Gasteiger partial charge in [-0.15, -0.1) is 0 Å². The minimum absolute atomic E-state index is 0.227. The molecule has 0 radical (unpaired) electrons. The normalized spacial score (nSPS) is 9.50. The van der Waals surface area contributed by atoms with Crippen molar-refractivity contribution in [3.05, 3.63) is 18.4 Å². The summed E-state index contributed by atoms with van der Waals surface area (Å²) in [7, 11) is 0. The molecular weight excluding hydrogens is 375 g/mol. The Labute approximate surface area is 93.2 Å². The van der Waals surface area contributed by atoms with E-state index in [4.69, 9.17) is 0 Å². The standard InChI is InChI=1S/C10H18Te2/c1-7(2)9(5)11-12-10(6)8(3)4/h1-6H3. The molecule has 0 aromatic carbocycles. The molecule has 2 heteroatoms. The van der Waals surface area contributed by atoms with Crippen molar-refractivity contribution in [3.8, 4) is 0 Å². The van der Waals surface area contributed by atoms with Crippen LogP contribution in [0.15, 0.2) is 18.4 Å². The second kappa shape index (κ2) is 6.50. The monoisotopic (exact) mass is 398 g/mol. The van der Waals surface area contributed by atoms with Gasteiger partial charge in [-0.2, -0.15) is 0 Å². The predicted octanol–water partition coefficient (Wildman–Crippen LogP) is 2.94. The molecule has 12 heavy (non-hydrogen) atoms. The molecule has 0 aromatic heterocycles. The molecule has 0 N–H and O–H groups in total. The molecule has 0 nitrogen and oxygen atoms in total. The molecule has 0 amide bonds. The van der Waals surface area contributed by atoms with Crippen LogP contribution >= 0.6 is 0 Å². The summed E-state index contributed by atoms with van der Waals surface area (Å²) in [4.78, 5) is 0. The van der Waals surface area contributed by atoms with E-state index in [1.165, 1.54) is 0 Å². The summed E-state index contributed by atoms with van der Waals surface area (Å²) in [6.07, 6.45) is 0. The molecule has 0 atom stereocenters. The first kappa shape index (κ1) is 13.1. The van der Waals surface area contributed by atoms with Crippen molar-refractivity contribution in [1.82, 2.24) is 0 Å². The van der Waals surface area contributed by atoms with E-state index in [9.17, 15) is 0 Å². The van der Waals surface area contributed by atoms with Gasteiger partial charge in [0.25, 0.3) is 0 Å². The predicted molar refractivity (Wildman–Crippen MR) is 59.6 cm³/mol. The third kappa shape index (κ3) is 5.66. The summed E-state index contributed by atoms with van der Waals surface area (Å²) < 4.78 is 3.45. The summed E-state index contributed by atoms with van der Waals surface area (Å²) in [5.41, 5.74) is 3.12. The van der Waals surface area contributed by atoms with Crippen molar-refractivity contribution >= 4 is 34.1 Å². The van der Waals surface area contributed by atoms with E-state index in [1.54, 1.807) is 18.4 Å². The van der Waals surface area contributed by atoms with Gasteiger partial charge in [0.15, 0.2) is 0 Å². The van der Waals surface area contributed by atoms with E-state index < -0.39 is 0 Å². The fourth-order valence-electron chi connectivity index (χ4n) is 0.292. The summed E-state index contributed by atoms with van der Waals surface area (Å²) in [6.45, 7) is 13.6. The van der Waals surface area contributed by atoms with Crippen LogP contribution in [0, 0.1) is 0 Å². The van der Waals surface area contributed by atoms with E-state index in [1.807, 2.05) is 0 Å². The van der Waals surface area contributed by atoms with Gasteiger partial charge >= 0.3 is 94.0 Å². The second-order valence-electron chi connectivity index (χ2n) is 3.28. The first-order valence-electron chi connectivity index (χ1n) is 4.07. The van der Waals surface area contributed by atoms with Gasteiger partial charge in [-0.05, 0) is 0 Å². The van der Waals surface area contributed by atoms with E-state index in [2.05, 4.69) is 41.5 Å². The molecule has 0 aromatic rings. The van der Waals surface area contributed by atoms with Crippen molar-refractivity contribution in [2.75, 3.05) is 0 Å². The van der Waals surface area contributed by atoms with Crippen LogP contribution in [-0.2, 0) is 0 Å². The Morgan fingerprint density at radius 1 is 0.583 bits per heavy atom. The quantitative estimate of drug-likeness (QED) is 0.647. The zero-order valence-corrected chi connectivity index (χ0v) is 13.5. The fourth-order valence-corrected chi connectivity index (χ4v) is 13.1. The number of rotatable bonds is 3. The van der Waals surface area contributed by atoms with Gasteiger partial charge in [0.05, 0.1) is 0 Å². The molecule has 0 saturated carbocycles. The van der Waals surface area contributed by atoms with Crippen LogP contribution in [0.25, 0.3) is 0 Å². The zero-order valence-electron chi connectivity index (χ0n) is 8.82. The second-order valence-corrected chi connectivity index (χ2v) is 14.1. The Hall–Kier alpha value is 1.06. The SMILES string of the molecule is CC(C)=C(C)[Te][Te]C(C)=C(C)C. The van der Waals surface area contributed by atoms with Crippen LogP contribution < -0.4 is 0 Å². The van der Waals surface area contributed by atoms with Gasteiger partial charge < -0.3 is 0 Å². The number of allylic oxidation sites excluding steroid dienone is 4. The van der Waals surface area contributed by atoms with Crippen molar-refractivity contribution in [2.45, 2.75) is 41.5 Å². The van der Waals surface area contributed by atoms with Gasteiger partial charge in [-0.25, -0.2) is 0 Å². The van der Waals surface area contributed by atoms with E-state index in [-0.39, 0.29) is 34.1 Å². The van der Waals surface area contributed by atoms with Gasteiger partial charge in [0.1, 0.15) is 0 Å². The fraction of sp³-hybridized carbons (Fsp3) is 0.600. The average molecular weight is 393 g/mol. The van der Waals surface area contributed by atoms with Crippen LogP contribution in [0.5, 0.6) is 0 Å². The zero-order chi connectivity index (χ0) is 9.72. The summed E-state index contributed by atoms with van der Waals surface area (Å²) in [5.74, 6) is 0. The molecule has 0 fully saturated rings. The molecule has 0 bridgehead atoms. The van der Waals surface area contributed by atoms with E-state index in [0.717, 1.165) is 0 Å². The maximum absolute atomic E-state index is 2.32. The van der Waals surface area contributed by atoms with E-state index >= 15 is 0 Å². The first-order chi connectivity index (χ1) is 5.45. The van der Waals surface area contributed by atoms with Gasteiger partial charge in [-0.3, -0.25) is 0 Å². The Morgan fingerprint density at radius 3 is 1.00 bits per heavy atom. The minimum atomic E-state index is 0.227. The summed E-state index contributed by atoms with van der Waals surface area (Å²) in [5, 5.41) is 0. The average Bonchev–Trinajstić information content (AvgIpc) is 1.98. The van der Waals surface area contributed by atoms with Crippen LogP contribution in [0.3, 0.4) is 0 Å². The molecule has 0 unspecified atom stereocenters. The third-order valence-corrected chi connectivity index (χ3v) is 16.9. The third-order valence-electron chi connectivity index (χ3n) is 1.70. The molecule has 0 aliphatic heterocycles. The molecule has 70 valence electrons. The molecular formula is C10H18Te2. The van der Waals surface area contributed by atoms with Crippen LogP contribution in [0.2, 0.25) is 0 Å². The van der Waals surface area contributed by atoms with Crippen LogP contribution in [0.4, 0.5) is 0 Å². The molecule has 0 aliphatic carbocycles. The maximum atomic E-state index is 2.32. The van der Waals surface area contributed by atoms with Gasteiger partial charge in [0, 0.05) is 0 Å². The first-order valence-corrected chi connectivity index (χ1v) is 13.7. The Bertz CT molecular complexity index is 180. The topological polar surface area (TPSA) is 0 Å². The Kier molecular flexibility index (Phi) is 7.08. The van der Waals surface area contributed by atoms with Gasteiger partial charge in [-0.1, -0.05) is 0 Å². The summed E-state index contributed by atoms with van der Waals surface area (Å²) in [6, 6.07) is 0. The molecule has 0 rings (SSSR count). The molecule has 0 aliphatic rings. The molecule has 0 saturated heterocycles. The summed E-state index contributed by atoms with van der Waals surface area (Å²) >= 11 is 0.453. The van der Waals surface area contributed by atoms with Gasteiger partial charge in [0.2, 0.25) is 0 Å². The number of hydrogen-bond donors (Lipinski definition) is 0. The molecule has 0 spiro atoms. The van der Waals surface area contributed by atoms with Crippen LogP contribution in [0.1, 0.15) is 41.5 Å². The Balaban J connectivity index is 4.03. The number of hydrogen-bond acceptors (Lipinski definition) is 0. The Morgan fingerprint density at radius 2 is 0.833 bits per heavy atom. The van der Waals surface area contributed by atoms with E-state index in [0.29, 0.717) is 0 Å². The molecule has 0 heterocycles. The van der Waals surface area contributed by atoms with Crippen molar-refractivity contribution < 1.29 is 0 Å². The van der Waals surface area contributed by atoms with Crippen LogP contribution in [-0.4, -0.2) is 34.1 Å². The van der Waals surface area contributed by atoms with Crippen molar-refractivity contribution in [3.63, 3.8) is 0 Å².